The molecule has 10 heteroatoms. The average molecular weight is 299 g/mol. The Morgan fingerprint density at radius 2 is 2.29 bits per heavy atom. The van der Waals surface area contributed by atoms with Crippen molar-refractivity contribution in [3.63, 3.8) is 0 Å². The van der Waals surface area contributed by atoms with E-state index in [9.17, 15) is 10.2 Å². The first-order chi connectivity index (χ1) is 10.1. The number of aromatic nitrogens is 2. The lowest BCUT2D eigenvalue weighted by atomic mass is 10.1. The average Bonchev–Trinajstić information content (AvgIpc) is 3.03. The van der Waals surface area contributed by atoms with Crippen LogP contribution in [0.3, 0.4) is 0 Å². The second kappa shape index (κ2) is 5.24. The van der Waals surface area contributed by atoms with Gasteiger partial charge < -0.3 is 25.4 Å². The highest BCUT2D eigenvalue weighted by atomic mass is 16.7. The van der Waals surface area contributed by atoms with Gasteiger partial charge in [-0.05, 0) is 0 Å². The van der Waals surface area contributed by atoms with E-state index in [4.69, 9.17) is 20.1 Å². The number of amidine groups is 1. The number of ether oxygens (including phenoxy) is 1. The minimum absolute atomic E-state index is 0.0803. The Labute approximate surface area is 120 Å². The number of fused-ring (bicyclic) bond motifs is 1. The van der Waals surface area contributed by atoms with Crippen molar-refractivity contribution in [2.45, 2.75) is 24.5 Å². The van der Waals surface area contributed by atoms with Crippen molar-refractivity contribution in [2.75, 3.05) is 25.7 Å². The minimum atomic E-state index is -1.20. The molecule has 2 aliphatic heterocycles. The van der Waals surface area contributed by atoms with Gasteiger partial charge in [0.2, 0.25) is 0 Å². The third kappa shape index (κ3) is 2.08. The second-order valence-electron chi connectivity index (χ2n) is 4.82. The Morgan fingerprint density at radius 1 is 1.52 bits per heavy atom. The van der Waals surface area contributed by atoms with Crippen LogP contribution < -0.4 is 5.32 Å². The molecule has 0 radical (unpaired) electrons. The Kier molecular flexibility index (Phi) is 3.55. The highest BCUT2D eigenvalue weighted by Gasteiger charge is 2.44. The van der Waals surface area contributed by atoms with Crippen LogP contribution in [0.2, 0.25) is 0 Å². The lowest BCUT2D eigenvalue weighted by Gasteiger charge is -2.29. The molecule has 1 fully saturated rings. The molecule has 0 aromatic carbocycles. The van der Waals surface area contributed by atoms with Gasteiger partial charge in [0.05, 0.1) is 20.0 Å². The van der Waals surface area contributed by atoms with Gasteiger partial charge in [0.15, 0.2) is 12.1 Å². The molecule has 21 heavy (non-hydrogen) atoms. The Bertz CT molecular complexity index is 549. The first-order valence-electron chi connectivity index (χ1n) is 6.42. The van der Waals surface area contributed by atoms with Gasteiger partial charge in [0.1, 0.15) is 36.5 Å². The first kappa shape index (κ1) is 14.2. The van der Waals surface area contributed by atoms with Crippen molar-refractivity contribution >= 4 is 11.7 Å². The maximum absolute atomic E-state index is 10.0. The summed E-state index contributed by atoms with van der Waals surface area (Å²) in [4.78, 5) is 9.12. The van der Waals surface area contributed by atoms with Gasteiger partial charge in [-0.15, -0.1) is 0 Å². The molecule has 1 saturated heterocycles. The fourth-order valence-electron chi connectivity index (χ4n) is 2.51. The lowest BCUT2D eigenvalue weighted by Crippen LogP contribution is -2.40. The normalized spacial score (nSPS) is 32.2. The number of aliphatic hydroxyl groups is 3. The third-order valence-electron chi connectivity index (χ3n) is 3.67. The molecule has 1 aromatic rings. The molecule has 0 saturated carbocycles. The molecule has 3 heterocycles. The van der Waals surface area contributed by atoms with Crippen LogP contribution in [0.15, 0.2) is 6.33 Å². The van der Waals surface area contributed by atoms with Crippen LogP contribution in [-0.2, 0) is 9.57 Å². The summed E-state index contributed by atoms with van der Waals surface area (Å²) in [6.07, 6.45) is -2.72. The number of rotatable bonds is 3. The molecular weight excluding hydrogens is 282 g/mol. The first-order valence-corrected chi connectivity index (χ1v) is 6.42. The van der Waals surface area contributed by atoms with Crippen molar-refractivity contribution in [3.05, 3.63) is 12.0 Å². The number of imidazole rings is 1. The van der Waals surface area contributed by atoms with E-state index in [-0.39, 0.29) is 12.5 Å². The summed E-state index contributed by atoms with van der Waals surface area (Å²) in [5.41, 5.74) is 0.348. The molecule has 10 nitrogen and oxygen atoms in total. The highest BCUT2D eigenvalue weighted by molar-refractivity contribution is 5.99. The van der Waals surface area contributed by atoms with E-state index in [2.05, 4.69) is 10.3 Å². The van der Waals surface area contributed by atoms with Crippen molar-refractivity contribution in [2.24, 2.45) is 0 Å². The van der Waals surface area contributed by atoms with Crippen LogP contribution in [0.1, 0.15) is 11.9 Å². The minimum Gasteiger partial charge on any atom is -0.394 e. The summed E-state index contributed by atoms with van der Waals surface area (Å²) in [6.45, 7) is -0.158. The van der Waals surface area contributed by atoms with Gasteiger partial charge in [0.25, 0.3) is 0 Å². The molecule has 0 unspecified atom stereocenters. The SMILES string of the molecule is CON1CNc2c(ncn2[C@@H]2O[C@H](CO)[C@@H](O)[C@H]2O)C1=N. The predicted molar refractivity (Wildman–Crippen MR) is 69.4 cm³/mol. The number of anilines is 1. The molecule has 3 rings (SSSR count). The van der Waals surface area contributed by atoms with Crippen LogP contribution in [-0.4, -0.2) is 74.5 Å². The summed E-state index contributed by atoms with van der Waals surface area (Å²) >= 11 is 0. The van der Waals surface area contributed by atoms with Crippen molar-refractivity contribution < 1.29 is 24.9 Å². The zero-order chi connectivity index (χ0) is 15.1. The monoisotopic (exact) mass is 299 g/mol. The summed E-state index contributed by atoms with van der Waals surface area (Å²) in [7, 11) is 1.45. The molecule has 1 aromatic heterocycles. The number of hydrogen-bond acceptors (Lipinski definition) is 8. The molecule has 0 spiro atoms. The molecule has 0 aliphatic carbocycles. The van der Waals surface area contributed by atoms with Crippen LogP contribution in [0.4, 0.5) is 5.82 Å². The standard InChI is InChI=1S/C11H17N5O5/c1-20-16-4-14-10-6(9(16)12)13-3-15(10)11-8(19)7(18)5(2-17)21-11/h3,5,7-8,11-12,14,17-19H,2,4H2,1H3/t5-,7-,8-,11-/m1/s1. The Morgan fingerprint density at radius 3 is 2.90 bits per heavy atom. The second-order valence-corrected chi connectivity index (χ2v) is 4.82. The van der Waals surface area contributed by atoms with E-state index >= 15 is 0 Å². The maximum Gasteiger partial charge on any atom is 0.176 e. The summed E-state index contributed by atoms with van der Waals surface area (Å²) in [5.74, 6) is 0.569. The Hall–Kier alpha value is -1.72. The third-order valence-corrected chi connectivity index (χ3v) is 3.67. The van der Waals surface area contributed by atoms with Gasteiger partial charge in [-0.3, -0.25) is 14.8 Å². The largest absolute Gasteiger partial charge is 0.394 e. The molecule has 0 amide bonds. The van der Waals surface area contributed by atoms with Crippen molar-refractivity contribution in [1.29, 1.82) is 5.41 Å². The molecular formula is C11H17N5O5. The molecule has 0 bridgehead atoms. The zero-order valence-corrected chi connectivity index (χ0v) is 11.3. The van der Waals surface area contributed by atoms with Gasteiger partial charge >= 0.3 is 0 Å². The zero-order valence-electron chi connectivity index (χ0n) is 11.3. The van der Waals surface area contributed by atoms with E-state index in [1.807, 2.05) is 0 Å². The van der Waals surface area contributed by atoms with Crippen LogP contribution in [0.5, 0.6) is 0 Å². The number of hydrogen-bond donors (Lipinski definition) is 5. The van der Waals surface area contributed by atoms with Crippen LogP contribution in [0.25, 0.3) is 0 Å². The van der Waals surface area contributed by atoms with E-state index in [0.29, 0.717) is 11.5 Å². The summed E-state index contributed by atoms with van der Waals surface area (Å²) < 4.78 is 6.95. The predicted octanol–water partition coefficient (Wildman–Crippen LogP) is -1.93. The van der Waals surface area contributed by atoms with Crippen molar-refractivity contribution in [3.8, 4) is 0 Å². The fourth-order valence-corrected chi connectivity index (χ4v) is 2.51. The van der Waals surface area contributed by atoms with E-state index in [1.165, 1.54) is 23.1 Å². The highest BCUT2D eigenvalue weighted by Crippen LogP contribution is 2.33. The van der Waals surface area contributed by atoms with Crippen LogP contribution >= 0.6 is 0 Å². The topological polar surface area (TPSA) is 136 Å². The van der Waals surface area contributed by atoms with Gasteiger partial charge in [-0.25, -0.2) is 10.0 Å². The quantitative estimate of drug-likeness (QED) is 0.435. The van der Waals surface area contributed by atoms with E-state index in [0.717, 1.165) is 0 Å². The van der Waals surface area contributed by atoms with Crippen molar-refractivity contribution in [1.82, 2.24) is 14.6 Å². The van der Waals surface area contributed by atoms with Gasteiger partial charge in [0, 0.05) is 0 Å². The van der Waals surface area contributed by atoms with E-state index in [1.54, 1.807) is 0 Å². The number of nitrogens with one attached hydrogen (secondary N) is 2. The summed E-state index contributed by atoms with van der Waals surface area (Å²) in [5, 5.41) is 41.3. The van der Waals surface area contributed by atoms with Gasteiger partial charge in [-0.1, -0.05) is 0 Å². The summed E-state index contributed by atoms with van der Waals surface area (Å²) in [6, 6.07) is 0. The maximum atomic E-state index is 10.0. The molecule has 2 aliphatic rings. The lowest BCUT2D eigenvalue weighted by molar-refractivity contribution is -0.0625. The van der Waals surface area contributed by atoms with Gasteiger partial charge in [-0.2, -0.15) is 0 Å². The Balaban J connectivity index is 1.91. The van der Waals surface area contributed by atoms with E-state index < -0.39 is 31.1 Å². The number of nitrogens with zero attached hydrogens (tertiary/aromatic N) is 3. The fraction of sp³-hybridized carbons (Fsp3) is 0.636. The number of hydroxylamine groups is 2. The molecule has 116 valence electrons. The molecule has 4 atom stereocenters. The number of aliphatic hydroxyl groups excluding tert-OH is 3. The smallest absolute Gasteiger partial charge is 0.176 e. The van der Waals surface area contributed by atoms with Crippen LogP contribution in [0, 0.1) is 5.41 Å². The molecule has 5 N–H and O–H groups in total.